The van der Waals surface area contributed by atoms with Crippen LogP contribution in [0.25, 0.3) is 0 Å². The number of anilines is 1. The third-order valence-electron chi connectivity index (χ3n) is 6.14. The lowest BCUT2D eigenvalue weighted by molar-refractivity contribution is 0.269. The van der Waals surface area contributed by atoms with E-state index in [0.29, 0.717) is 63.5 Å². The number of rotatable bonds is 14. The lowest BCUT2D eigenvalue weighted by Gasteiger charge is -2.23. The zero-order valence-electron chi connectivity index (χ0n) is 24.4. The van der Waals surface area contributed by atoms with Gasteiger partial charge in [-0.15, -0.1) is 0 Å². The zero-order chi connectivity index (χ0) is 29.9. The number of hydrogen-bond donors (Lipinski definition) is 1. The minimum atomic E-state index is 0.149. The Morgan fingerprint density at radius 3 is 1.76 bits per heavy atom. The molecule has 0 unspecified atom stereocenters. The molecule has 0 aliphatic carbocycles. The number of para-hydroxylation sites is 1. The highest BCUT2D eigenvalue weighted by Crippen LogP contribution is 2.54. The second kappa shape index (κ2) is 15.4. The summed E-state index contributed by atoms with van der Waals surface area (Å²) in [5, 5.41) is 20.7. The molecule has 7 nitrogen and oxygen atoms in total. The van der Waals surface area contributed by atoms with Gasteiger partial charge in [-0.25, -0.2) is 0 Å². The molecule has 0 aromatic heterocycles. The summed E-state index contributed by atoms with van der Waals surface area (Å²) >= 11 is 2.78. The molecule has 0 fully saturated rings. The Kier molecular flexibility index (Phi) is 11.9. The molecule has 0 aliphatic heterocycles. The molecule has 3 aromatic carbocycles. The summed E-state index contributed by atoms with van der Waals surface area (Å²) in [5.41, 5.74) is 7.26. The molecule has 3 rings (SSSR count). The summed E-state index contributed by atoms with van der Waals surface area (Å²) in [6.07, 6.45) is 1.56. The van der Waals surface area contributed by atoms with Crippen molar-refractivity contribution in [3.63, 3.8) is 0 Å². The first-order valence-corrected chi connectivity index (χ1v) is 15.1. The van der Waals surface area contributed by atoms with E-state index in [2.05, 4.69) is 39.8 Å². The van der Waals surface area contributed by atoms with E-state index in [4.69, 9.17) is 24.7 Å². The lowest BCUT2D eigenvalue weighted by atomic mass is 10.1. The van der Waals surface area contributed by atoms with Gasteiger partial charge in [0.05, 0.1) is 42.1 Å². The van der Waals surface area contributed by atoms with Crippen molar-refractivity contribution in [1.82, 2.24) is 0 Å². The zero-order valence-corrected chi connectivity index (χ0v) is 26.1. The Balaban J connectivity index is 2.35. The highest BCUT2D eigenvalue weighted by atomic mass is 32.2. The van der Waals surface area contributed by atoms with Crippen molar-refractivity contribution in [2.75, 3.05) is 33.2 Å². The van der Waals surface area contributed by atoms with Gasteiger partial charge in [-0.05, 0) is 48.9 Å². The Morgan fingerprint density at radius 1 is 0.756 bits per heavy atom. The van der Waals surface area contributed by atoms with Crippen molar-refractivity contribution in [3.05, 3.63) is 53.6 Å². The monoisotopic (exact) mass is 591 g/mol. The average Bonchev–Trinajstić information content (AvgIpc) is 2.95. The van der Waals surface area contributed by atoms with Gasteiger partial charge in [-0.3, -0.25) is 0 Å². The Labute approximate surface area is 251 Å². The first-order valence-electron chi connectivity index (χ1n) is 13.5. The molecule has 41 heavy (non-hydrogen) atoms. The van der Waals surface area contributed by atoms with E-state index in [1.54, 1.807) is 20.3 Å². The molecule has 9 heteroatoms. The van der Waals surface area contributed by atoms with Crippen LogP contribution in [-0.4, -0.2) is 27.4 Å². The van der Waals surface area contributed by atoms with Crippen molar-refractivity contribution in [2.24, 2.45) is 11.8 Å². The highest BCUT2D eigenvalue weighted by molar-refractivity contribution is 8.02. The molecule has 0 aliphatic rings. The van der Waals surface area contributed by atoms with Crippen LogP contribution in [-0.2, 0) is 0 Å². The summed E-state index contributed by atoms with van der Waals surface area (Å²) in [7, 11) is 3.20. The molecular weight excluding hydrogens is 555 g/mol. The molecule has 0 atom stereocenters. The van der Waals surface area contributed by atoms with E-state index in [1.165, 1.54) is 23.5 Å². The normalized spacial score (nSPS) is 10.8. The predicted octanol–water partition coefficient (Wildman–Crippen LogP) is 8.18. The van der Waals surface area contributed by atoms with Crippen LogP contribution in [0.2, 0.25) is 0 Å². The van der Waals surface area contributed by atoms with Crippen LogP contribution in [0.1, 0.15) is 51.7 Å². The van der Waals surface area contributed by atoms with Crippen LogP contribution < -0.4 is 24.7 Å². The summed E-state index contributed by atoms with van der Waals surface area (Å²) in [4.78, 5) is 2.89. The summed E-state index contributed by atoms with van der Waals surface area (Å²) in [5.74, 6) is 2.74. The van der Waals surface area contributed by atoms with Gasteiger partial charge < -0.3 is 24.7 Å². The highest BCUT2D eigenvalue weighted by Gasteiger charge is 2.29. The average molecular weight is 592 g/mol. The second-order valence-electron chi connectivity index (χ2n) is 10.1. The number of ether oxygens (including phenoxy) is 4. The van der Waals surface area contributed by atoms with Gasteiger partial charge in [0.15, 0.2) is 11.5 Å². The number of nitriles is 2. The van der Waals surface area contributed by atoms with Gasteiger partial charge in [0, 0.05) is 16.6 Å². The van der Waals surface area contributed by atoms with Crippen LogP contribution in [0.5, 0.6) is 23.0 Å². The van der Waals surface area contributed by atoms with E-state index >= 15 is 0 Å². The van der Waals surface area contributed by atoms with Crippen LogP contribution in [0.15, 0.2) is 62.0 Å². The lowest BCUT2D eigenvalue weighted by Crippen LogP contribution is -2.09. The molecule has 0 saturated heterocycles. The molecule has 3 aromatic rings. The molecule has 2 N–H and O–H groups in total. The fourth-order valence-corrected chi connectivity index (χ4v) is 6.06. The van der Waals surface area contributed by atoms with Crippen LogP contribution >= 0.6 is 23.5 Å². The maximum atomic E-state index is 10.3. The van der Waals surface area contributed by atoms with E-state index in [1.807, 2.05) is 36.4 Å². The standard InChI is InChI=1S/C32H37N3O4S2/c1-20(2)13-15-38-29-23(18-33)24(19-34)30(39-16-14-21(3)4)32(31(29)40-27-10-8-7-9-25(27)35)41-28-12-11-22(36-5)17-26(28)37-6/h7-12,17,20-21H,13-16,35H2,1-6H3. The van der Waals surface area contributed by atoms with Crippen molar-refractivity contribution in [3.8, 4) is 35.1 Å². The maximum absolute atomic E-state index is 10.3. The van der Waals surface area contributed by atoms with Crippen LogP contribution in [0, 0.1) is 34.5 Å². The fraction of sp³-hybridized carbons (Fsp3) is 0.375. The molecular formula is C32H37N3O4S2. The number of nitrogens with two attached hydrogens (primary N) is 1. The number of benzene rings is 3. The number of nitrogens with zero attached hydrogens (tertiary/aromatic N) is 2. The summed E-state index contributed by atoms with van der Waals surface area (Å²) < 4.78 is 23.8. The summed E-state index contributed by atoms with van der Waals surface area (Å²) in [6.45, 7) is 9.21. The smallest absolute Gasteiger partial charge is 0.153 e. The van der Waals surface area contributed by atoms with Gasteiger partial charge in [0.25, 0.3) is 0 Å². The minimum absolute atomic E-state index is 0.149. The molecule has 0 amide bonds. The SMILES string of the molecule is COc1ccc(Sc2c(OCCC(C)C)c(C#N)c(C#N)c(OCCC(C)C)c2Sc2ccccc2N)c(OC)c1. The fourth-order valence-electron chi connectivity index (χ4n) is 3.78. The van der Waals surface area contributed by atoms with Gasteiger partial charge in [-0.2, -0.15) is 10.5 Å². The van der Waals surface area contributed by atoms with E-state index in [-0.39, 0.29) is 11.1 Å². The second-order valence-corrected chi connectivity index (χ2v) is 12.2. The summed E-state index contributed by atoms with van der Waals surface area (Å²) in [6, 6.07) is 17.6. The topological polar surface area (TPSA) is 111 Å². The molecule has 0 heterocycles. The predicted molar refractivity (Wildman–Crippen MR) is 164 cm³/mol. The van der Waals surface area contributed by atoms with E-state index in [0.717, 1.165) is 22.6 Å². The Morgan fingerprint density at radius 2 is 1.29 bits per heavy atom. The van der Waals surface area contributed by atoms with E-state index in [9.17, 15) is 10.5 Å². The third-order valence-corrected chi connectivity index (χ3v) is 8.61. The van der Waals surface area contributed by atoms with Gasteiger partial charge in [0.1, 0.15) is 34.8 Å². The van der Waals surface area contributed by atoms with E-state index < -0.39 is 0 Å². The largest absolute Gasteiger partial charge is 0.497 e. The van der Waals surface area contributed by atoms with Crippen molar-refractivity contribution < 1.29 is 18.9 Å². The Bertz CT molecular complexity index is 1430. The molecule has 216 valence electrons. The number of hydrogen-bond acceptors (Lipinski definition) is 9. The van der Waals surface area contributed by atoms with Crippen LogP contribution in [0.4, 0.5) is 5.69 Å². The number of nitrogen functional groups attached to an aromatic ring is 1. The van der Waals surface area contributed by atoms with Crippen LogP contribution in [0.3, 0.4) is 0 Å². The molecule has 0 saturated carbocycles. The first-order chi connectivity index (χ1) is 19.7. The van der Waals surface area contributed by atoms with Gasteiger partial charge in [-0.1, -0.05) is 63.4 Å². The van der Waals surface area contributed by atoms with Gasteiger partial charge in [0.2, 0.25) is 0 Å². The molecule has 0 radical (unpaired) electrons. The van der Waals surface area contributed by atoms with Crippen molar-refractivity contribution in [2.45, 2.75) is 60.1 Å². The maximum Gasteiger partial charge on any atom is 0.153 e. The van der Waals surface area contributed by atoms with Crippen molar-refractivity contribution in [1.29, 1.82) is 10.5 Å². The first kappa shape index (κ1) is 31.9. The van der Waals surface area contributed by atoms with Gasteiger partial charge >= 0.3 is 0 Å². The Hall–Kier alpha value is -3.66. The third kappa shape index (κ3) is 8.19. The quantitative estimate of drug-likeness (QED) is 0.185. The van der Waals surface area contributed by atoms with Crippen molar-refractivity contribution >= 4 is 29.2 Å². The molecule has 0 bridgehead atoms. The minimum Gasteiger partial charge on any atom is -0.497 e. The molecule has 0 spiro atoms. The number of methoxy groups -OCH3 is 2.